The van der Waals surface area contributed by atoms with Gasteiger partial charge in [-0.3, -0.25) is 14.5 Å². The number of sulfone groups is 1. The molecular weight excluding hydrogens is 488 g/mol. The molecule has 1 fully saturated rings. The summed E-state index contributed by atoms with van der Waals surface area (Å²) in [4.78, 5) is 41.2. The van der Waals surface area contributed by atoms with E-state index in [2.05, 4.69) is 15.5 Å². The Morgan fingerprint density at radius 3 is 2.65 bits per heavy atom. The summed E-state index contributed by atoms with van der Waals surface area (Å²) in [6.07, 6.45) is 0. The second-order valence-electron chi connectivity index (χ2n) is 6.13. The number of aromatic nitrogens is 1. The summed E-state index contributed by atoms with van der Waals surface area (Å²) in [5, 5.41) is 24.5. The van der Waals surface area contributed by atoms with Gasteiger partial charge in [0.15, 0.2) is 26.7 Å². The minimum Gasteiger partial charge on any atom is -0.477 e. The van der Waals surface area contributed by atoms with Crippen LogP contribution in [0.2, 0.25) is 0 Å². The Kier molecular flexibility index (Phi) is 8.10. The minimum atomic E-state index is -4.16. The molecule has 0 bridgehead atoms. The third-order valence-electron chi connectivity index (χ3n) is 4.18. The van der Waals surface area contributed by atoms with Gasteiger partial charge in [0.1, 0.15) is 22.8 Å². The molecule has 0 spiro atoms. The molecule has 1 saturated heterocycles. The van der Waals surface area contributed by atoms with Crippen molar-refractivity contribution < 1.29 is 37.5 Å². The maximum Gasteiger partial charge on any atom is 0.352 e. The van der Waals surface area contributed by atoms with Gasteiger partial charge in [-0.05, 0) is 5.57 Å². The summed E-state index contributed by atoms with van der Waals surface area (Å²) in [6, 6.07) is -2.81. The molecule has 3 rings (SSSR count). The number of alkyl halides is 1. The molecule has 2 atom stereocenters. The molecule has 0 aromatic carbocycles. The van der Waals surface area contributed by atoms with Gasteiger partial charge in [-0.25, -0.2) is 22.6 Å². The van der Waals surface area contributed by atoms with Gasteiger partial charge in [0, 0.05) is 40.7 Å². The van der Waals surface area contributed by atoms with Crippen LogP contribution in [0, 0.1) is 0 Å². The first-order chi connectivity index (χ1) is 14.1. The number of carbonyl (C=O) groups excluding carboxylic acids is 2. The number of hydrogen-bond donors (Lipinski definition) is 4. The largest absolute Gasteiger partial charge is 0.477 e. The summed E-state index contributed by atoms with van der Waals surface area (Å²) < 4.78 is 35.7. The Hall–Kier alpha value is -1.72. The van der Waals surface area contributed by atoms with Crippen molar-refractivity contribution in [2.24, 2.45) is 5.16 Å². The van der Waals surface area contributed by atoms with Crippen molar-refractivity contribution in [3.05, 3.63) is 22.3 Å². The molecule has 2 unspecified atom stereocenters. The summed E-state index contributed by atoms with van der Waals surface area (Å²) in [7, 11) is -4.16. The number of β-lactam (4-membered cyclic amide) rings is 1. The maximum atomic E-state index is 12.6. The van der Waals surface area contributed by atoms with E-state index in [-0.39, 0.29) is 51.7 Å². The number of rotatable bonds is 7. The Labute approximate surface area is 205 Å². The Balaban J connectivity index is 0.00000341. The number of carbonyl (C=O) groups is 3. The van der Waals surface area contributed by atoms with Crippen LogP contribution in [0.4, 0.5) is 9.52 Å². The van der Waals surface area contributed by atoms with Crippen molar-refractivity contribution in [1.29, 1.82) is 0 Å². The molecule has 1 aromatic rings. The molecule has 2 aliphatic rings. The van der Waals surface area contributed by atoms with Crippen LogP contribution >= 0.6 is 23.1 Å². The normalized spacial score (nSPS) is 21.1. The molecule has 31 heavy (non-hydrogen) atoms. The number of aliphatic carboxylic acids is 1. The fourth-order valence-corrected chi connectivity index (χ4v) is 5.79. The molecule has 0 aliphatic carbocycles. The van der Waals surface area contributed by atoms with Crippen LogP contribution in [-0.2, 0) is 24.2 Å². The van der Waals surface area contributed by atoms with E-state index in [1.165, 1.54) is 5.38 Å². The zero-order valence-electron chi connectivity index (χ0n) is 15.8. The van der Waals surface area contributed by atoms with Crippen molar-refractivity contribution in [3.63, 3.8) is 0 Å². The van der Waals surface area contributed by atoms with E-state index in [1.807, 2.05) is 0 Å². The number of hydrogen-bond acceptors (Lipinski definition) is 11. The first-order valence-corrected chi connectivity index (χ1v) is 11.7. The maximum absolute atomic E-state index is 12.6. The molecule has 5 N–H and O–H groups in total. The van der Waals surface area contributed by atoms with Gasteiger partial charge in [0.2, 0.25) is 0 Å². The predicted octanol–water partition coefficient (Wildman–Crippen LogP) is -1.40. The van der Waals surface area contributed by atoms with E-state index < -0.39 is 62.2 Å². The van der Waals surface area contributed by atoms with Crippen molar-refractivity contribution >= 4 is 91.1 Å². The average Bonchev–Trinajstić information content (AvgIpc) is 3.11. The summed E-state index contributed by atoms with van der Waals surface area (Å²) in [6.45, 7) is 0. The van der Waals surface area contributed by atoms with E-state index in [0.29, 0.717) is 0 Å². The van der Waals surface area contributed by atoms with Crippen molar-refractivity contribution in [3.8, 4) is 0 Å². The van der Waals surface area contributed by atoms with Gasteiger partial charge in [-0.2, -0.15) is 0 Å². The van der Waals surface area contributed by atoms with E-state index in [4.69, 9.17) is 10.9 Å². The SMILES string of the molecule is Nc1nc(/C(=N/O)C(=O)NC2C(=O)N3C(C(=O)O)=C(CS(=O)(=O)CF)CSC23)cs1.[Na]. The molecule has 0 saturated carbocycles. The standard InChI is InChI=1S/C14H14FN5O7S3.Na/c15-4-30(26,27)3-5-1-28-12-8(11(22)20(12)9(5)13(23)24)18-10(21)7(19-25)6-2-29-14(16)17-6;/h2,8,12,25H,1,3-4H2,(H2,16,17)(H,18,21)(H,23,24);/b19-7-;. The van der Waals surface area contributed by atoms with Crippen molar-refractivity contribution in [2.45, 2.75) is 11.4 Å². The van der Waals surface area contributed by atoms with E-state index in [1.54, 1.807) is 0 Å². The number of thioether (sulfide) groups is 1. The first-order valence-electron chi connectivity index (χ1n) is 8.00. The molecule has 1 radical (unpaired) electrons. The number of nitrogens with two attached hydrogens (primary N) is 1. The second kappa shape index (κ2) is 9.83. The number of amides is 2. The molecule has 17 heteroatoms. The zero-order chi connectivity index (χ0) is 22.2. The molecule has 2 aliphatic heterocycles. The Bertz CT molecular complexity index is 1090. The smallest absolute Gasteiger partial charge is 0.352 e. The fourth-order valence-electron chi connectivity index (χ4n) is 2.92. The molecule has 2 amide bonds. The average molecular weight is 502 g/mol. The van der Waals surface area contributed by atoms with Gasteiger partial charge in [0.25, 0.3) is 11.8 Å². The van der Waals surface area contributed by atoms with Gasteiger partial charge in [0.05, 0.1) is 5.75 Å². The number of nitrogens with one attached hydrogen (secondary N) is 1. The van der Waals surface area contributed by atoms with Crippen molar-refractivity contribution in [2.75, 3.05) is 23.2 Å². The third-order valence-corrected chi connectivity index (χ3v) is 7.31. The number of anilines is 1. The molecule has 163 valence electrons. The predicted molar refractivity (Wildman–Crippen MR) is 110 cm³/mol. The number of nitrogen functional groups attached to an aromatic ring is 1. The summed E-state index contributed by atoms with van der Waals surface area (Å²) in [5.41, 5.74) is 4.32. The fraction of sp³-hybridized carbons (Fsp3) is 0.357. The molecule has 1 aromatic heterocycles. The Morgan fingerprint density at radius 1 is 1.45 bits per heavy atom. The first kappa shape index (κ1) is 25.5. The number of carboxylic acids is 1. The molecular formula is C14H14FN5NaO7S3. The van der Waals surface area contributed by atoms with Gasteiger partial charge >= 0.3 is 5.97 Å². The third kappa shape index (κ3) is 5.04. The number of thiazole rings is 1. The Morgan fingerprint density at radius 2 is 2.13 bits per heavy atom. The number of nitrogens with zero attached hydrogens (tertiary/aromatic N) is 3. The number of fused-ring (bicyclic) bond motifs is 1. The van der Waals surface area contributed by atoms with Crippen LogP contribution in [0.3, 0.4) is 0 Å². The van der Waals surface area contributed by atoms with Crippen LogP contribution in [-0.4, -0.2) is 111 Å². The topological polar surface area (TPSA) is 192 Å². The minimum absolute atomic E-state index is 0. The van der Waals surface area contributed by atoms with Gasteiger partial charge in [-0.15, -0.1) is 23.1 Å². The van der Waals surface area contributed by atoms with Crippen molar-refractivity contribution in [1.82, 2.24) is 15.2 Å². The van der Waals surface area contributed by atoms with Gasteiger partial charge in [-0.1, -0.05) is 5.16 Å². The van der Waals surface area contributed by atoms with Crippen LogP contribution < -0.4 is 11.1 Å². The van der Waals surface area contributed by atoms with Gasteiger partial charge < -0.3 is 21.4 Å². The molecule has 3 heterocycles. The quantitative estimate of drug-likeness (QED) is 0.113. The summed E-state index contributed by atoms with van der Waals surface area (Å²) >= 11 is 2.01. The zero-order valence-corrected chi connectivity index (χ0v) is 20.3. The van der Waals surface area contributed by atoms with E-state index >= 15 is 0 Å². The number of halogens is 1. The van der Waals surface area contributed by atoms with Crippen LogP contribution in [0.1, 0.15) is 5.69 Å². The van der Waals surface area contributed by atoms with E-state index in [0.717, 1.165) is 28.0 Å². The monoisotopic (exact) mass is 502 g/mol. The van der Waals surface area contributed by atoms with Crippen LogP contribution in [0.25, 0.3) is 0 Å². The second-order valence-corrected chi connectivity index (χ2v) is 10.1. The van der Waals surface area contributed by atoms with E-state index in [9.17, 15) is 32.3 Å². The molecule has 12 nitrogen and oxygen atoms in total. The summed E-state index contributed by atoms with van der Waals surface area (Å²) in [5.74, 6) is -4.21. The van der Waals surface area contributed by atoms with Crippen LogP contribution in [0.5, 0.6) is 0 Å². The van der Waals surface area contributed by atoms with Crippen LogP contribution in [0.15, 0.2) is 21.8 Å². The number of carboxylic acid groups (broad SMARTS) is 1. The number of oxime groups is 1.